The summed E-state index contributed by atoms with van der Waals surface area (Å²) in [5.74, 6) is -1.31. The lowest BCUT2D eigenvalue weighted by atomic mass is 9.90. The first-order chi connectivity index (χ1) is 13.5. The number of primary amides is 1. The molecule has 3 N–H and O–H groups in total. The van der Waals surface area contributed by atoms with Crippen LogP contribution in [0.25, 0.3) is 0 Å². The Morgan fingerprint density at radius 3 is 1.93 bits per heavy atom. The lowest BCUT2D eigenvalue weighted by Gasteiger charge is -2.22. The Kier molecular flexibility index (Phi) is 6.81. The van der Waals surface area contributed by atoms with Crippen LogP contribution in [0.2, 0.25) is 0 Å². The number of carbonyl (C=O) groups excluding carboxylic acids is 2. The minimum Gasteiger partial charge on any atom is -0.368 e. The maximum Gasteiger partial charge on any atom is 0.240 e. The molecule has 0 saturated carbocycles. The van der Waals surface area contributed by atoms with Crippen molar-refractivity contribution >= 4 is 34.4 Å². The highest BCUT2D eigenvalue weighted by molar-refractivity contribution is 14.1. The Morgan fingerprint density at radius 2 is 1.43 bits per heavy atom. The molecule has 4 nitrogen and oxygen atoms in total. The molecule has 0 heterocycles. The number of hydrogen-bond acceptors (Lipinski definition) is 2. The third-order valence-corrected chi connectivity index (χ3v) is 5.19. The van der Waals surface area contributed by atoms with Gasteiger partial charge in [0.2, 0.25) is 11.8 Å². The number of nitrogens with one attached hydrogen (secondary N) is 1. The Labute approximate surface area is 178 Å². The molecule has 3 aromatic carbocycles. The molecule has 28 heavy (non-hydrogen) atoms. The molecule has 0 unspecified atom stereocenters. The van der Waals surface area contributed by atoms with Crippen LogP contribution < -0.4 is 11.1 Å². The summed E-state index contributed by atoms with van der Waals surface area (Å²) in [4.78, 5) is 25.2. The van der Waals surface area contributed by atoms with E-state index in [0.717, 1.165) is 20.3 Å². The van der Waals surface area contributed by atoms with Gasteiger partial charge in [0.15, 0.2) is 0 Å². The molecule has 0 aromatic heterocycles. The SMILES string of the molecule is NC(=O)[C@@H](Cc1cccc(I)c1)NC(=O)C(c1ccccc1)c1ccccc1. The van der Waals surface area contributed by atoms with Gasteiger partial charge in [-0.15, -0.1) is 0 Å². The zero-order valence-corrected chi connectivity index (χ0v) is 17.4. The molecule has 3 rings (SSSR count). The lowest BCUT2D eigenvalue weighted by molar-refractivity contribution is -0.127. The van der Waals surface area contributed by atoms with Crippen molar-refractivity contribution in [1.29, 1.82) is 0 Å². The van der Waals surface area contributed by atoms with Crippen LogP contribution in [0.3, 0.4) is 0 Å². The highest BCUT2D eigenvalue weighted by atomic mass is 127. The van der Waals surface area contributed by atoms with Gasteiger partial charge in [-0.25, -0.2) is 0 Å². The van der Waals surface area contributed by atoms with Crippen LogP contribution in [0, 0.1) is 3.57 Å². The fraction of sp³-hybridized carbons (Fsp3) is 0.130. The van der Waals surface area contributed by atoms with Gasteiger partial charge in [-0.1, -0.05) is 72.8 Å². The standard InChI is InChI=1S/C23H21IN2O2/c24-19-13-7-8-16(14-19)15-20(22(25)27)26-23(28)21(17-9-3-1-4-10-17)18-11-5-2-6-12-18/h1-14,20-21H,15H2,(H2,25,27)(H,26,28)/t20-/m1/s1. The molecule has 0 aliphatic carbocycles. The van der Waals surface area contributed by atoms with Crippen molar-refractivity contribution < 1.29 is 9.59 Å². The number of carbonyl (C=O) groups is 2. The highest BCUT2D eigenvalue weighted by Crippen LogP contribution is 2.25. The maximum absolute atomic E-state index is 13.2. The fourth-order valence-corrected chi connectivity index (χ4v) is 3.77. The van der Waals surface area contributed by atoms with Gasteiger partial charge in [-0.05, 0) is 51.4 Å². The molecule has 2 amide bonds. The summed E-state index contributed by atoms with van der Waals surface area (Å²) in [7, 11) is 0. The number of rotatable bonds is 7. The number of halogens is 1. The highest BCUT2D eigenvalue weighted by Gasteiger charge is 2.27. The minimum absolute atomic E-state index is 0.244. The second-order valence-electron chi connectivity index (χ2n) is 6.55. The minimum atomic E-state index is -0.777. The summed E-state index contributed by atoms with van der Waals surface area (Å²) >= 11 is 2.22. The van der Waals surface area contributed by atoms with Gasteiger partial charge < -0.3 is 11.1 Å². The zero-order valence-electron chi connectivity index (χ0n) is 15.2. The average Bonchev–Trinajstić information content (AvgIpc) is 2.69. The summed E-state index contributed by atoms with van der Waals surface area (Å²) in [5, 5.41) is 2.87. The first-order valence-corrected chi connectivity index (χ1v) is 10.1. The van der Waals surface area contributed by atoms with Crippen molar-refractivity contribution in [2.45, 2.75) is 18.4 Å². The van der Waals surface area contributed by atoms with Crippen molar-refractivity contribution in [2.24, 2.45) is 5.73 Å². The lowest BCUT2D eigenvalue weighted by Crippen LogP contribution is -2.47. The summed E-state index contributed by atoms with van der Waals surface area (Å²) < 4.78 is 1.07. The predicted octanol–water partition coefficient (Wildman–Crippen LogP) is 3.64. The monoisotopic (exact) mass is 484 g/mol. The molecular formula is C23H21IN2O2. The van der Waals surface area contributed by atoms with E-state index < -0.39 is 17.9 Å². The first kappa shape index (κ1) is 20.1. The van der Waals surface area contributed by atoms with E-state index in [1.54, 1.807) is 0 Å². The Balaban J connectivity index is 1.86. The van der Waals surface area contributed by atoms with E-state index in [9.17, 15) is 9.59 Å². The molecular weight excluding hydrogens is 463 g/mol. The van der Waals surface area contributed by atoms with Gasteiger partial charge in [0.05, 0.1) is 5.92 Å². The summed E-state index contributed by atoms with van der Waals surface area (Å²) in [6, 6.07) is 26.1. The Hall–Kier alpha value is -2.67. The summed E-state index contributed by atoms with van der Waals surface area (Å²) in [6.07, 6.45) is 0.355. The molecule has 0 radical (unpaired) electrons. The van der Waals surface area contributed by atoms with Crippen LogP contribution in [0.5, 0.6) is 0 Å². The largest absolute Gasteiger partial charge is 0.368 e. The molecule has 1 atom stereocenters. The molecule has 0 spiro atoms. The molecule has 5 heteroatoms. The van der Waals surface area contributed by atoms with Crippen molar-refractivity contribution in [3.8, 4) is 0 Å². The van der Waals surface area contributed by atoms with E-state index in [2.05, 4.69) is 27.9 Å². The predicted molar refractivity (Wildman–Crippen MR) is 119 cm³/mol. The van der Waals surface area contributed by atoms with Gasteiger partial charge in [-0.2, -0.15) is 0 Å². The van der Waals surface area contributed by atoms with Crippen LogP contribution in [0.4, 0.5) is 0 Å². The second-order valence-corrected chi connectivity index (χ2v) is 7.80. The average molecular weight is 484 g/mol. The van der Waals surface area contributed by atoms with E-state index in [-0.39, 0.29) is 5.91 Å². The molecule has 3 aromatic rings. The van der Waals surface area contributed by atoms with Crippen LogP contribution in [-0.4, -0.2) is 17.9 Å². The quantitative estimate of drug-likeness (QED) is 0.503. The Morgan fingerprint density at radius 1 is 0.857 bits per heavy atom. The van der Waals surface area contributed by atoms with Crippen LogP contribution in [0.1, 0.15) is 22.6 Å². The van der Waals surface area contributed by atoms with Crippen molar-refractivity contribution in [2.75, 3.05) is 0 Å². The summed E-state index contributed by atoms with van der Waals surface area (Å²) in [5.41, 5.74) is 8.27. The third kappa shape index (κ3) is 5.19. The van der Waals surface area contributed by atoms with E-state index in [1.165, 1.54) is 0 Å². The van der Waals surface area contributed by atoms with Crippen LogP contribution >= 0.6 is 22.6 Å². The third-order valence-electron chi connectivity index (χ3n) is 4.52. The molecule has 0 fully saturated rings. The van der Waals surface area contributed by atoms with Crippen LogP contribution in [-0.2, 0) is 16.0 Å². The van der Waals surface area contributed by atoms with Crippen LogP contribution in [0.15, 0.2) is 84.9 Å². The van der Waals surface area contributed by atoms with Gasteiger partial charge in [0, 0.05) is 9.99 Å². The Bertz CT molecular complexity index is 906. The number of nitrogens with two attached hydrogens (primary N) is 1. The van der Waals surface area contributed by atoms with E-state index in [1.807, 2.05) is 84.9 Å². The normalized spacial score (nSPS) is 11.8. The number of hydrogen-bond donors (Lipinski definition) is 2. The molecule has 0 saturated heterocycles. The van der Waals surface area contributed by atoms with Gasteiger partial charge in [-0.3, -0.25) is 9.59 Å². The molecule has 0 bridgehead atoms. The number of amides is 2. The fourth-order valence-electron chi connectivity index (χ4n) is 3.16. The van der Waals surface area contributed by atoms with Crippen molar-refractivity contribution in [3.63, 3.8) is 0 Å². The van der Waals surface area contributed by atoms with Gasteiger partial charge >= 0.3 is 0 Å². The molecule has 0 aliphatic heterocycles. The van der Waals surface area contributed by atoms with Crippen molar-refractivity contribution in [1.82, 2.24) is 5.32 Å². The number of benzene rings is 3. The molecule has 0 aliphatic rings. The van der Waals surface area contributed by atoms with Gasteiger partial charge in [0.1, 0.15) is 6.04 Å². The first-order valence-electron chi connectivity index (χ1n) is 8.98. The smallest absolute Gasteiger partial charge is 0.240 e. The van der Waals surface area contributed by atoms with E-state index in [0.29, 0.717) is 6.42 Å². The topological polar surface area (TPSA) is 72.2 Å². The van der Waals surface area contributed by atoms with Gasteiger partial charge in [0.25, 0.3) is 0 Å². The second kappa shape index (κ2) is 9.50. The van der Waals surface area contributed by atoms with E-state index in [4.69, 9.17) is 5.73 Å². The van der Waals surface area contributed by atoms with Crippen molar-refractivity contribution in [3.05, 3.63) is 105 Å². The maximum atomic E-state index is 13.2. The van der Waals surface area contributed by atoms with E-state index >= 15 is 0 Å². The summed E-state index contributed by atoms with van der Waals surface area (Å²) in [6.45, 7) is 0. The molecule has 142 valence electrons. The zero-order chi connectivity index (χ0) is 19.9.